The van der Waals surface area contributed by atoms with E-state index in [4.69, 9.17) is 20.8 Å². The van der Waals surface area contributed by atoms with E-state index in [1.54, 1.807) is 12.1 Å². The van der Waals surface area contributed by atoms with Crippen molar-refractivity contribution in [2.24, 2.45) is 0 Å². The summed E-state index contributed by atoms with van der Waals surface area (Å²) in [4.78, 5) is 16.5. The summed E-state index contributed by atoms with van der Waals surface area (Å²) in [7, 11) is 2.79. The number of carbonyl (C=O) groups is 1. The van der Waals surface area contributed by atoms with Gasteiger partial charge in [-0.25, -0.2) is 9.78 Å². The molecule has 0 aliphatic carbocycles. The fourth-order valence-electron chi connectivity index (χ4n) is 1.37. The van der Waals surface area contributed by atoms with Crippen LogP contribution in [0.15, 0.2) is 16.5 Å². The molecule has 0 saturated heterocycles. The number of carbonyl (C=O) groups excluding carboxylic acids is 1. The SMILES string of the molecule is COCc1nc(-c2ccc(Cl)s2)oc1C(=O)OC. The summed E-state index contributed by atoms with van der Waals surface area (Å²) in [5.74, 6) is -0.193. The fraction of sp³-hybridized carbons (Fsp3) is 0.273. The van der Waals surface area contributed by atoms with E-state index < -0.39 is 5.97 Å². The average molecular weight is 288 g/mol. The highest BCUT2D eigenvalue weighted by atomic mass is 35.5. The highest BCUT2D eigenvalue weighted by molar-refractivity contribution is 7.19. The third-order valence-corrected chi connectivity index (χ3v) is 3.35. The van der Waals surface area contributed by atoms with E-state index in [2.05, 4.69) is 9.72 Å². The summed E-state index contributed by atoms with van der Waals surface area (Å²) >= 11 is 7.16. The van der Waals surface area contributed by atoms with E-state index >= 15 is 0 Å². The molecule has 96 valence electrons. The van der Waals surface area contributed by atoms with Crippen LogP contribution in [0.25, 0.3) is 10.8 Å². The Labute approximate surface area is 112 Å². The first-order chi connectivity index (χ1) is 8.65. The van der Waals surface area contributed by atoms with Gasteiger partial charge in [-0.3, -0.25) is 0 Å². The van der Waals surface area contributed by atoms with Crippen molar-refractivity contribution in [3.05, 3.63) is 27.9 Å². The summed E-state index contributed by atoms with van der Waals surface area (Å²) in [5, 5.41) is 0. The lowest BCUT2D eigenvalue weighted by Crippen LogP contribution is -2.04. The number of methoxy groups -OCH3 is 2. The van der Waals surface area contributed by atoms with Gasteiger partial charge < -0.3 is 13.9 Å². The fourth-order valence-corrected chi connectivity index (χ4v) is 2.34. The van der Waals surface area contributed by atoms with Crippen LogP contribution in [-0.2, 0) is 16.1 Å². The van der Waals surface area contributed by atoms with Crippen molar-refractivity contribution in [1.29, 1.82) is 0 Å². The zero-order valence-electron chi connectivity index (χ0n) is 9.73. The van der Waals surface area contributed by atoms with Gasteiger partial charge in [0.25, 0.3) is 0 Å². The van der Waals surface area contributed by atoms with Crippen LogP contribution in [0, 0.1) is 0 Å². The van der Waals surface area contributed by atoms with Crippen molar-refractivity contribution in [3.8, 4) is 10.8 Å². The molecular weight excluding hydrogens is 278 g/mol. The lowest BCUT2D eigenvalue weighted by molar-refractivity contribution is 0.0559. The number of aromatic nitrogens is 1. The maximum Gasteiger partial charge on any atom is 0.376 e. The molecule has 2 aromatic rings. The third kappa shape index (κ3) is 2.55. The van der Waals surface area contributed by atoms with Crippen molar-refractivity contribution in [3.63, 3.8) is 0 Å². The molecule has 0 fully saturated rings. The van der Waals surface area contributed by atoms with Crippen molar-refractivity contribution in [2.45, 2.75) is 6.61 Å². The highest BCUT2D eigenvalue weighted by Crippen LogP contribution is 2.31. The molecule has 0 radical (unpaired) electrons. The zero-order chi connectivity index (χ0) is 13.1. The van der Waals surface area contributed by atoms with Gasteiger partial charge in [0.05, 0.1) is 22.9 Å². The number of oxazole rings is 1. The van der Waals surface area contributed by atoms with Crippen LogP contribution in [-0.4, -0.2) is 25.2 Å². The van der Waals surface area contributed by atoms with E-state index in [0.29, 0.717) is 15.9 Å². The van der Waals surface area contributed by atoms with Crippen LogP contribution in [0.1, 0.15) is 16.2 Å². The van der Waals surface area contributed by atoms with Gasteiger partial charge in [-0.05, 0) is 12.1 Å². The number of esters is 1. The molecule has 0 aliphatic rings. The van der Waals surface area contributed by atoms with E-state index in [1.807, 2.05) is 0 Å². The Bertz CT molecular complexity index is 563. The second-order valence-corrected chi connectivity index (χ2v) is 5.04. The van der Waals surface area contributed by atoms with Gasteiger partial charge in [0.1, 0.15) is 5.69 Å². The van der Waals surface area contributed by atoms with E-state index in [0.717, 1.165) is 4.88 Å². The molecule has 0 bridgehead atoms. The summed E-state index contributed by atoms with van der Waals surface area (Å²) in [5.41, 5.74) is 0.406. The van der Waals surface area contributed by atoms with Crippen LogP contribution >= 0.6 is 22.9 Å². The lowest BCUT2D eigenvalue weighted by atomic mass is 10.3. The van der Waals surface area contributed by atoms with Crippen molar-refractivity contribution in [2.75, 3.05) is 14.2 Å². The molecule has 0 aliphatic heterocycles. The molecule has 0 aromatic carbocycles. The monoisotopic (exact) mass is 287 g/mol. The molecule has 2 heterocycles. The molecule has 0 N–H and O–H groups in total. The van der Waals surface area contributed by atoms with Gasteiger partial charge in [-0.15, -0.1) is 11.3 Å². The van der Waals surface area contributed by atoms with Crippen molar-refractivity contribution < 1.29 is 18.7 Å². The Hall–Kier alpha value is -1.37. The molecule has 0 spiro atoms. The predicted octanol–water partition coefficient (Wildman–Crippen LogP) is 2.99. The van der Waals surface area contributed by atoms with Crippen LogP contribution in [0.5, 0.6) is 0 Å². The standard InChI is InChI=1S/C11H10ClNO4S/c1-15-5-6-9(11(14)16-2)17-10(13-6)7-3-4-8(12)18-7/h3-4H,5H2,1-2H3. The Morgan fingerprint density at radius 3 is 2.83 bits per heavy atom. The summed E-state index contributed by atoms with van der Waals surface area (Å²) < 4.78 is 15.6. The van der Waals surface area contributed by atoms with Gasteiger partial charge >= 0.3 is 5.97 Å². The number of rotatable bonds is 4. The van der Waals surface area contributed by atoms with Gasteiger partial charge in [0, 0.05) is 7.11 Å². The van der Waals surface area contributed by atoms with Crippen LogP contribution < -0.4 is 0 Å². The van der Waals surface area contributed by atoms with E-state index in [-0.39, 0.29) is 12.4 Å². The van der Waals surface area contributed by atoms with Crippen molar-refractivity contribution in [1.82, 2.24) is 4.98 Å². The zero-order valence-corrected chi connectivity index (χ0v) is 11.3. The Morgan fingerprint density at radius 2 is 2.28 bits per heavy atom. The number of nitrogens with zero attached hydrogens (tertiary/aromatic N) is 1. The first-order valence-corrected chi connectivity index (χ1v) is 6.17. The minimum Gasteiger partial charge on any atom is -0.463 e. The van der Waals surface area contributed by atoms with Gasteiger partial charge in [0.2, 0.25) is 11.7 Å². The van der Waals surface area contributed by atoms with Crippen LogP contribution in [0.3, 0.4) is 0 Å². The largest absolute Gasteiger partial charge is 0.463 e. The molecule has 2 rings (SSSR count). The first kappa shape index (κ1) is 13.1. The molecule has 0 saturated carbocycles. The second-order valence-electron chi connectivity index (χ2n) is 3.32. The Kier molecular flexibility index (Phi) is 4.00. The molecule has 0 unspecified atom stereocenters. The molecule has 0 amide bonds. The first-order valence-electron chi connectivity index (χ1n) is 4.98. The molecular formula is C11H10ClNO4S. The highest BCUT2D eigenvalue weighted by Gasteiger charge is 2.22. The predicted molar refractivity (Wildman–Crippen MR) is 66.9 cm³/mol. The van der Waals surface area contributed by atoms with Crippen LogP contribution in [0.4, 0.5) is 0 Å². The lowest BCUT2D eigenvalue weighted by Gasteiger charge is -1.96. The Balaban J connectivity index is 2.41. The quantitative estimate of drug-likeness (QED) is 0.809. The summed E-state index contributed by atoms with van der Waals surface area (Å²) in [6.07, 6.45) is 0. The maximum atomic E-state index is 11.5. The third-order valence-electron chi connectivity index (χ3n) is 2.13. The minimum absolute atomic E-state index is 0.0545. The summed E-state index contributed by atoms with van der Waals surface area (Å²) in [6, 6.07) is 3.51. The van der Waals surface area contributed by atoms with Gasteiger partial charge in [0.15, 0.2) is 0 Å². The smallest absolute Gasteiger partial charge is 0.376 e. The average Bonchev–Trinajstić information content (AvgIpc) is 2.95. The maximum absolute atomic E-state index is 11.5. The number of thiophene rings is 1. The van der Waals surface area contributed by atoms with E-state index in [1.165, 1.54) is 25.6 Å². The van der Waals surface area contributed by atoms with Crippen molar-refractivity contribution >= 4 is 28.9 Å². The minimum atomic E-state index is -0.580. The second kappa shape index (κ2) is 5.51. The number of halogens is 1. The topological polar surface area (TPSA) is 61.6 Å². The normalized spacial score (nSPS) is 10.6. The van der Waals surface area contributed by atoms with Gasteiger partial charge in [-0.2, -0.15) is 0 Å². The van der Waals surface area contributed by atoms with E-state index in [9.17, 15) is 4.79 Å². The van der Waals surface area contributed by atoms with Crippen LogP contribution in [0.2, 0.25) is 4.34 Å². The molecule has 7 heteroatoms. The summed E-state index contributed by atoms with van der Waals surface area (Å²) in [6.45, 7) is 0.174. The molecule has 5 nitrogen and oxygen atoms in total. The number of ether oxygens (including phenoxy) is 2. The number of hydrogen-bond donors (Lipinski definition) is 0. The molecule has 0 atom stereocenters. The number of hydrogen-bond acceptors (Lipinski definition) is 6. The molecule has 2 aromatic heterocycles. The molecule has 18 heavy (non-hydrogen) atoms. The Morgan fingerprint density at radius 1 is 1.50 bits per heavy atom. The van der Waals surface area contributed by atoms with Gasteiger partial charge in [-0.1, -0.05) is 11.6 Å².